The average Bonchev–Trinajstić information content (AvgIpc) is 2.87. The highest BCUT2D eigenvalue weighted by molar-refractivity contribution is 5.63. The van der Waals surface area contributed by atoms with E-state index in [1.54, 1.807) is 12.3 Å². The van der Waals surface area contributed by atoms with Crippen LogP contribution in [0.3, 0.4) is 0 Å². The second kappa shape index (κ2) is 6.25. The number of aromatic nitrogens is 2. The fourth-order valence-corrected chi connectivity index (χ4v) is 1.86. The highest BCUT2D eigenvalue weighted by atomic mass is 16.6. The zero-order chi connectivity index (χ0) is 15.4. The lowest BCUT2D eigenvalue weighted by Crippen LogP contribution is -2.00. The van der Waals surface area contributed by atoms with Gasteiger partial charge in [0.25, 0.3) is 5.69 Å². The van der Waals surface area contributed by atoms with Crippen LogP contribution < -0.4 is 10.1 Å². The first-order valence-corrected chi connectivity index (χ1v) is 6.73. The van der Waals surface area contributed by atoms with Crippen LogP contribution in [0, 0.1) is 10.1 Å². The molecule has 2 rings (SSSR count). The number of anilines is 2. The van der Waals surface area contributed by atoms with Crippen LogP contribution in [0.25, 0.3) is 0 Å². The predicted molar refractivity (Wildman–Crippen MR) is 80.2 cm³/mol. The van der Waals surface area contributed by atoms with Gasteiger partial charge >= 0.3 is 0 Å². The second-order valence-corrected chi connectivity index (χ2v) is 4.83. The van der Waals surface area contributed by atoms with E-state index >= 15 is 0 Å². The molecule has 112 valence electrons. The lowest BCUT2D eigenvalue weighted by Gasteiger charge is -2.08. The Kier molecular flexibility index (Phi) is 4.42. The Hall–Kier alpha value is -2.57. The molecular formula is C14H18N4O3. The van der Waals surface area contributed by atoms with E-state index in [2.05, 4.69) is 10.4 Å². The predicted octanol–water partition coefficient (Wildman–Crippen LogP) is 3.51. The summed E-state index contributed by atoms with van der Waals surface area (Å²) in [7, 11) is 0. The van der Waals surface area contributed by atoms with Gasteiger partial charge in [-0.3, -0.25) is 14.8 Å². The van der Waals surface area contributed by atoms with E-state index in [0.717, 1.165) is 5.69 Å². The van der Waals surface area contributed by atoms with E-state index in [-0.39, 0.29) is 11.7 Å². The number of non-ortho nitro benzene ring substituents is 1. The van der Waals surface area contributed by atoms with E-state index in [4.69, 9.17) is 4.74 Å². The maximum Gasteiger partial charge on any atom is 0.275 e. The monoisotopic (exact) mass is 290 g/mol. The largest absolute Gasteiger partial charge is 0.494 e. The molecule has 7 heteroatoms. The molecule has 0 aliphatic heterocycles. The Morgan fingerprint density at radius 1 is 1.38 bits per heavy atom. The van der Waals surface area contributed by atoms with Gasteiger partial charge in [-0.2, -0.15) is 5.10 Å². The third-order valence-corrected chi connectivity index (χ3v) is 2.83. The van der Waals surface area contributed by atoms with Gasteiger partial charge in [0.2, 0.25) is 0 Å². The van der Waals surface area contributed by atoms with Crippen LogP contribution >= 0.6 is 0 Å². The molecule has 0 saturated carbocycles. The zero-order valence-electron chi connectivity index (χ0n) is 12.2. The minimum atomic E-state index is -0.439. The number of rotatable bonds is 6. The molecule has 0 saturated heterocycles. The summed E-state index contributed by atoms with van der Waals surface area (Å²) in [6.45, 7) is 6.33. The lowest BCUT2D eigenvalue weighted by molar-refractivity contribution is -0.384. The van der Waals surface area contributed by atoms with Gasteiger partial charge in [-0.25, -0.2) is 0 Å². The van der Waals surface area contributed by atoms with Crippen LogP contribution in [0.5, 0.6) is 5.75 Å². The summed E-state index contributed by atoms with van der Waals surface area (Å²) in [5, 5.41) is 18.3. The quantitative estimate of drug-likeness (QED) is 0.650. The number of nitrogens with one attached hydrogen (secondary N) is 1. The van der Waals surface area contributed by atoms with Crippen LogP contribution in [0.4, 0.5) is 17.1 Å². The minimum Gasteiger partial charge on any atom is -0.494 e. The molecule has 0 spiro atoms. The molecule has 0 aliphatic carbocycles. The van der Waals surface area contributed by atoms with Crippen molar-refractivity contribution in [1.29, 1.82) is 0 Å². The van der Waals surface area contributed by atoms with Gasteiger partial charge in [-0.15, -0.1) is 0 Å². The number of nitro benzene ring substituents is 1. The Morgan fingerprint density at radius 2 is 2.14 bits per heavy atom. The molecule has 21 heavy (non-hydrogen) atoms. The average molecular weight is 290 g/mol. The number of benzene rings is 1. The van der Waals surface area contributed by atoms with E-state index in [1.807, 2.05) is 31.6 Å². The summed E-state index contributed by atoms with van der Waals surface area (Å²) in [6.07, 6.45) is 3.53. The van der Waals surface area contributed by atoms with Crippen LogP contribution in [0.1, 0.15) is 26.8 Å². The first-order valence-electron chi connectivity index (χ1n) is 6.73. The SMILES string of the molecule is CCOc1cc(Nc2cnn(C(C)C)c2)cc([N+](=O)[O-])c1. The van der Waals surface area contributed by atoms with Crippen LogP contribution in [-0.4, -0.2) is 21.3 Å². The maximum atomic E-state index is 11.0. The lowest BCUT2D eigenvalue weighted by atomic mass is 10.2. The number of hydrogen-bond acceptors (Lipinski definition) is 5. The molecule has 0 amide bonds. The highest BCUT2D eigenvalue weighted by Gasteiger charge is 2.11. The zero-order valence-corrected chi connectivity index (χ0v) is 12.2. The summed E-state index contributed by atoms with van der Waals surface area (Å²) in [4.78, 5) is 10.5. The molecule has 7 nitrogen and oxygen atoms in total. The fourth-order valence-electron chi connectivity index (χ4n) is 1.86. The van der Waals surface area contributed by atoms with Crippen molar-refractivity contribution in [1.82, 2.24) is 9.78 Å². The van der Waals surface area contributed by atoms with Crippen molar-refractivity contribution in [2.75, 3.05) is 11.9 Å². The van der Waals surface area contributed by atoms with Crippen LogP contribution in [-0.2, 0) is 0 Å². The van der Waals surface area contributed by atoms with Gasteiger partial charge in [0.15, 0.2) is 0 Å². The summed E-state index contributed by atoms with van der Waals surface area (Å²) in [5.74, 6) is 0.463. The molecular weight excluding hydrogens is 272 g/mol. The summed E-state index contributed by atoms with van der Waals surface area (Å²) in [5.41, 5.74) is 1.35. The van der Waals surface area contributed by atoms with Crippen molar-refractivity contribution in [2.45, 2.75) is 26.8 Å². The number of hydrogen-bond donors (Lipinski definition) is 1. The first-order chi connectivity index (χ1) is 9.99. The van der Waals surface area contributed by atoms with E-state index in [9.17, 15) is 10.1 Å². The highest BCUT2D eigenvalue weighted by Crippen LogP contribution is 2.28. The van der Waals surface area contributed by atoms with E-state index in [1.165, 1.54) is 12.1 Å². The molecule has 1 heterocycles. The molecule has 2 aromatic rings. The van der Waals surface area contributed by atoms with Gasteiger partial charge in [0.05, 0.1) is 29.5 Å². The smallest absolute Gasteiger partial charge is 0.275 e. The molecule has 0 unspecified atom stereocenters. The standard InChI is InChI=1S/C14H18N4O3/c1-4-21-14-6-11(5-13(7-14)18(19)20)16-12-8-15-17(9-12)10(2)3/h5-10,16H,4H2,1-3H3. The van der Waals surface area contributed by atoms with Crippen LogP contribution in [0.15, 0.2) is 30.6 Å². The Morgan fingerprint density at radius 3 is 2.71 bits per heavy atom. The summed E-state index contributed by atoms with van der Waals surface area (Å²) in [6, 6.07) is 4.86. The Bertz CT molecular complexity index is 637. The van der Waals surface area contributed by atoms with E-state index < -0.39 is 4.92 Å². The molecule has 0 atom stereocenters. The molecule has 0 bridgehead atoms. The van der Waals surface area contributed by atoms with Crippen molar-refractivity contribution in [3.8, 4) is 5.75 Å². The normalized spacial score (nSPS) is 10.7. The molecule has 1 aromatic carbocycles. The summed E-state index contributed by atoms with van der Waals surface area (Å²) >= 11 is 0. The van der Waals surface area contributed by atoms with Crippen LogP contribution in [0.2, 0.25) is 0 Å². The third kappa shape index (κ3) is 3.71. The number of ether oxygens (including phenoxy) is 1. The van der Waals surface area contributed by atoms with Gasteiger partial charge < -0.3 is 10.1 Å². The van der Waals surface area contributed by atoms with Gasteiger partial charge in [0.1, 0.15) is 5.75 Å². The Labute approximate surface area is 122 Å². The topological polar surface area (TPSA) is 82.2 Å². The van der Waals surface area contributed by atoms with Gasteiger partial charge in [0, 0.05) is 30.1 Å². The van der Waals surface area contributed by atoms with Crippen molar-refractivity contribution in [3.63, 3.8) is 0 Å². The summed E-state index contributed by atoms with van der Waals surface area (Å²) < 4.78 is 7.16. The van der Waals surface area contributed by atoms with Crippen molar-refractivity contribution >= 4 is 17.1 Å². The maximum absolute atomic E-state index is 11.0. The van der Waals surface area contributed by atoms with Crippen molar-refractivity contribution < 1.29 is 9.66 Å². The van der Waals surface area contributed by atoms with Crippen molar-refractivity contribution in [2.24, 2.45) is 0 Å². The van der Waals surface area contributed by atoms with Gasteiger partial charge in [-0.1, -0.05) is 0 Å². The molecule has 1 aromatic heterocycles. The fraction of sp³-hybridized carbons (Fsp3) is 0.357. The second-order valence-electron chi connectivity index (χ2n) is 4.83. The third-order valence-electron chi connectivity index (χ3n) is 2.83. The minimum absolute atomic E-state index is 0.0142. The first kappa shape index (κ1) is 14.8. The molecule has 0 radical (unpaired) electrons. The van der Waals surface area contributed by atoms with Gasteiger partial charge in [-0.05, 0) is 20.8 Å². The Balaban J connectivity index is 2.26. The number of nitrogens with zero attached hydrogens (tertiary/aromatic N) is 3. The van der Waals surface area contributed by atoms with Crippen molar-refractivity contribution in [3.05, 3.63) is 40.7 Å². The number of nitro groups is 1. The van der Waals surface area contributed by atoms with E-state index in [0.29, 0.717) is 18.0 Å². The molecule has 1 N–H and O–H groups in total. The molecule has 0 fully saturated rings. The molecule has 0 aliphatic rings.